The summed E-state index contributed by atoms with van der Waals surface area (Å²) in [5, 5.41) is 2.66. The van der Waals surface area contributed by atoms with Gasteiger partial charge in [-0.15, -0.1) is 0 Å². The van der Waals surface area contributed by atoms with E-state index in [4.69, 9.17) is 4.42 Å². The molecule has 0 aliphatic heterocycles. The molecule has 4 aromatic rings. The first-order valence-electron chi connectivity index (χ1n) is 9.40. The lowest BCUT2D eigenvalue weighted by Gasteiger charge is -2.06. The molecule has 1 N–H and O–H groups in total. The van der Waals surface area contributed by atoms with Gasteiger partial charge < -0.3 is 14.3 Å². The Balaban J connectivity index is 1.64. The third-order valence-corrected chi connectivity index (χ3v) is 6.18. The first-order valence-corrected chi connectivity index (χ1v) is 10.9. The van der Waals surface area contributed by atoms with Crippen LogP contribution in [0.4, 0.5) is 14.7 Å². The van der Waals surface area contributed by atoms with E-state index in [-0.39, 0.29) is 21.7 Å². The first kappa shape index (κ1) is 20.7. The van der Waals surface area contributed by atoms with Crippen molar-refractivity contribution in [1.82, 2.24) is 14.5 Å². The smallest absolute Gasteiger partial charge is 0.233 e. The summed E-state index contributed by atoms with van der Waals surface area (Å²) in [6, 6.07) is 9.80. The third-order valence-electron chi connectivity index (χ3n) is 4.50. The van der Waals surface area contributed by atoms with Crippen molar-refractivity contribution in [3.63, 3.8) is 0 Å². The van der Waals surface area contributed by atoms with Crippen molar-refractivity contribution in [2.45, 2.75) is 22.9 Å². The summed E-state index contributed by atoms with van der Waals surface area (Å²) in [4.78, 5) is 8.01. The molecule has 2 aromatic heterocycles. The Morgan fingerprint density at radius 2 is 1.68 bits per heavy atom. The maximum atomic E-state index is 13.3. The molecule has 0 saturated carbocycles. The summed E-state index contributed by atoms with van der Waals surface area (Å²) in [6.07, 6.45) is 5.85. The lowest BCUT2D eigenvalue weighted by molar-refractivity contribution is 0.571. The fourth-order valence-corrected chi connectivity index (χ4v) is 4.20. The van der Waals surface area contributed by atoms with Gasteiger partial charge in [0, 0.05) is 31.0 Å². The van der Waals surface area contributed by atoms with Crippen molar-refractivity contribution < 1.29 is 21.6 Å². The highest BCUT2D eigenvalue weighted by Gasteiger charge is 2.28. The molecular formula is C21H18F2N4O3S. The number of halogens is 2. The van der Waals surface area contributed by atoms with Gasteiger partial charge in [-0.3, -0.25) is 0 Å². The molecular weight excluding hydrogens is 426 g/mol. The van der Waals surface area contributed by atoms with Gasteiger partial charge in [0.1, 0.15) is 11.6 Å². The molecule has 0 bridgehead atoms. The summed E-state index contributed by atoms with van der Waals surface area (Å²) >= 11 is 0. The van der Waals surface area contributed by atoms with Gasteiger partial charge in [-0.25, -0.2) is 22.2 Å². The Hall–Kier alpha value is -3.53. The second-order valence-electron chi connectivity index (χ2n) is 6.70. The van der Waals surface area contributed by atoms with E-state index in [0.717, 1.165) is 12.1 Å². The normalized spacial score (nSPS) is 11.5. The number of oxazole rings is 1. The fraction of sp³-hybridized carbons (Fsp3) is 0.143. The van der Waals surface area contributed by atoms with E-state index < -0.39 is 21.5 Å². The van der Waals surface area contributed by atoms with Gasteiger partial charge in [-0.1, -0.05) is 0 Å². The SMILES string of the molecule is O=S(=O)(c1ccc(F)cc1)c1nc(-c2ccc(F)cc2)oc1NCCCn1ccnc1. The number of aromatic nitrogens is 3. The maximum absolute atomic E-state index is 13.3. The van der Waals surface area contributed by atoms with Crippen LogP contribution in [0.5, 0.6) is 0 Å². The van der Waals surface area contributed by atoms with E-state index in [2.05, 4.69) is 15.3 Å². The maximum Gasteiger partial charge on any atom is 0.233 e. The van der Waals surface area contributed by atoms with E-state index in [0.29, 0.717) is 25.1 Å². The minimum atomic E-state index is -4.09. The molecule has 0 radical (unpaired) electrons. The number of imidazole rings is 1. The van der Waals surface area contributed by atoms with Gasteiger partial charge in [0.15, 0.2) is 0 Å². The average molecular weight is 444 g/mol. The second kappa shape index (κ2) is 8.68. The van der Waals surface area contributed by atoms with Crippen molar-refractivity contribution in [1.29, 1.82) is 0 Å². The van der Waals surface area contributed by atoms with Crippen LogP contribution in [-0.4, -0.2) is 29.5 Å². The molecule has 160 valence electrons. The lowest BCUT2D eigenvalue weighted by atomic mass is 10.2. The van der Waals surface area contributed by atoms with Crippen molar-refractivity contribution in [2.75, 3.05) is 11.9 Å². The summed E-state index contributed by atoms with van der Waals surface area (Å²) < 4.78 is 60.4. The predicted octanol–water partition coefficient (Wildman–Crippen LogP) is 4.15. The molecule has 0 fully saturated rings. The Bertz CT molecular complexity index is 1250. The van der Waals surface area contributed by atoms with Gasteiger partial charge in [0.05, 0.1) is 11.2 Å². The van der Waals surface area contributed by atoms with Crippen molar-refractivity contribution in [3.05, 3.63) is 78.9 Å². The Morgan fingerprint density at radius 3 is 2.32 bits per heavy atom. The molecule has 0 aliphatic carbocycles. The molecule has 0 saturated heterocycles. The van der Waals surface area contributed by atoms with Crippen molar-refractivity contribution in [3.8, 4) is 11.5 Å². The number of anilines is 1. The van der Waals surface area contributed by atoms with Crippen molar-refractivity contribution in [2.24, 2.45) is 0 Å². The number of rotatable bonds is 8. The standard InChI is InChI=1S/C21H18F2N4O3S/c22-16-4-2-15(3-5-16)19-26-21(31(28,29)18-8-6-17(23)7-9-18)20(30-19)25-10-1-12-27-13-11-24-14-27/h2-9,11,13-14,25H,1,10,12H2. The van der Waals surface area contributed by atoms with E-state index in [1.807, 2.05) is 10.8 Å². The van der Waals surface area contributed by atoms with Crippen LogP contribution in [-0.2, 0) is 16.4 Å². The summed E-state index contributed by atoms with van der Waals surface area (Å²) in [5.74, 6) is -0.997. The highest BCUT2D eigenvalue weighted by atomic mass is 32.2. The molecule has 2 heterocycles. The number of benzene rings is 2. The monoisotopic (exact) mass is 444 g/mol. The number of hydrogen-bond acceptors (Lipinski definition) is 6. The average Bonchev–Trinajstić information content (AvgIpc) is 3.42. The number of hydrogen-bond donors (Lipinski definition) is 1. The molecule has 0 aliphatic rings. The summed E-state index contributed by atoms with van der Waals surface area (Å²) in [6.45, 7) is 1.08. The molecule has 7 nitrogen and oxygen atoms in total. The van der Waals surface area contributed by atoms with Gasteiger partial charge >= 0.3 is 0 Å². The Kier molecular flexibility index (Phi) is 5.81. The minimum absolute atomic E-state index is 0.0257. The number of nitrogens with one attached hydrogen (secondary N) is 1. The van der Waals surface area contributed by atoms with E-state index in [9.17, 15) is 17.2 Å². The zero-order valence-corrected chi connectivity index (χ0v) is 17.0. The predicted molar refractivity (Wildman–Crippen MR) is 109 cm³/mol. The second-order valence-corrected chi connectivity index (χ2v) is 8.56. The molecule has 0 spiro atoms. The number of aryl methyl sites for hydroxylation is 1. The van der Waals surface area contributed by atoms with E-state index in [1.54, 1.807) is 12.5 Å². The van der Waals surface area contributed by atoms with Crippen LogP contribution in [0.25, 0.3) is 11.5 Å². The number of nitrogens with zero attached hydrogens (tertiary/aromatic N) is 3. The molecule has 0 atom stereocenters. The molecule has 0 amide bonds. The molecule has 2 aromatic carbocycles. The Morgan fingerprint density at radius 1 is 1.00 bits per heavy atom. The largest absolute Gasteiger partial charge is 0.419 e. The molecule has 10 heteroatoms. The summed E-state index contributed by atoms with van der Waals surface area (Å²) in [5.41, 5.74) is 0.420. The zero-order chi connectivity index (χ0) is 21.8. The van der Waals surface area contributed by atoms with Gasteiger partial charge in [0.2, 0.25) is 26.6 Å². The first-order chi connectivity index (χ1) is 14.9. The molecule has 4 rings (SSSR count). The minimum Gasteiger partial charge on any atom is -0.419 e. The third kappa shape index (κ3) is 4.64. The van der Waals surface area contributed by atoms with Crippen LogP contribution >= 0.6 is 0 Å². The lowest BCUT2D eigenvalue weighted by Crippen LogP contribution is -2.10. The Labute approximate surface area is 177 Å². The molecule has 31 heavy (non-hydrogen) atoms. The highest BCUT2D eigenvalue weighted by Crippen LogP contribution is 2.32. The van der Waals surface area contributed by atoms with Crippen LogP contribution in [0.3, 0.4) is 0 Å². The zero-order valence-electron chi connectivity index (χ0n) is 16.2. The molecule has 0 unspecified atom stereocenters. The van der Waals surface area contributed by atoms with Crippen LogP contribution < -0.4 is 5.32 Å². The van der Waals surface area contributed by atoms with Gasteiger partial charge in [-0.2, -0.15) is 4.98 Å². The quantitative estimate of drug-likeness (QED) is 0.324. The topological polar surface area (TPSA) is 90.0 Å². The van der Waals surface area contributed by atoms with Crippen LogP contribution in [0.15, 0.2) is 81.6 Å². The van der Waals surface area contributed by atoms with Gasteiger partial charge in [0.25, 0.3) is 0 Å². The van der Waals surface area contributed by atoms with Crippen molar-refractivity contribution >= 4 is 15.7 Å². The van der Waals surface area contributed by atoms with E-state index in [1.165, 1.54) is 36.4 Å². The van der Waals surface area contributed by atoms with Crippen LogP contribution in [0.1, 0.15) is 6.42 Å². The van der Waals surface area contributed by atoms with Crippen LogP contribution in [0, 0.1) is 11.6 Å². The number of sulfone groups is 1. The van der Waals surface area contributed by atoms with Crippen LogP contribution in [0.2, 0.25) is 0 Å². The highest BCUT2D eigenvalue weighted by molar-refractivity contribution is 7.91. The van der Waals surface area contributed by atoms with Gasteiger partial charge in [-0.05, 0) is 55.0 Å². The summed E-state index contributed by atoms with van der Waals surface area (Å²) in [7, 11) is -4.09. The fourth-order valence-electron chi connectivity index (χ4n) is 2.92. The van der Waals surface area contributed by atoms with E-state index >= 15 is 0 Å².